The third-order valence-electron chi connectivity index (χ3n) is 3.79. The lowest BCUT2D eigenvalue weighted by Crippen LogP contribution is -2.56. The summed E-state index contributed by atoms with van der Waals surface area (Å²) in [5.74, 6) is -0.0566. The largest absolute Gasteiger partial charge is 0.495 e. The van der Waals surface area contributed by atoms with Gasteiger partial charge in [-0.05, 0) is 43.7 Å². The lowest BCUT2D eigenvalue weighted by atomic mass is 10.0. The number of hydrogen-bond donors (Lipinski definition) is 2. The first-order valence-electron chi connectivity index (χ1n) is 7.35. The third-order valence-corrected chi connectivity index (χ3v) is 3.79. The Hall–Kier alpha value is -3.09. The third kappa shape index (κ3) is 2.64. The number of rotatable bonds is 3. The first-order chi connectivity index (χ1) is 11.4. The summed E-state index contributed by atoms with van der Waals surface area (Å²) in [6.45, 7) is 3.30. The van der Waals surface area contributed by atoms with E-state index in [0.717, 1.165) is 5.56 Å². The summed E-state index contributed by atoms with van der Waals surface area (Å²) in [7, 11) is 1.51. The van der Waals surface area contributed by atoms with Gasteiger partial charge in [0.15, 0.2) is 11.6 Å². The fourth-order valence-corrected chi connectivity index (χ4v) is 2.37. The molecule has 0 aliphatic carbocycles. The van der Waals surface area contributed by atoms with E-state index in [1.54, 1.807) is 24.3 Å². The molecule has 0 spiro atoms. The number of aromatic nitrogens is 1. The van der Waals surface area contributed by atoms with Gasteiger partial charge < -0.3 is 20.1 Å². The van der Waals surface area contributed by atoms with Crippen molar-refractivity contribution in [2.24, 2.45) is 0 Å². The van der Waals surface area contributed by atoms with Gasteiger partial charge in [-0.3, -0.25) is 9.59 Å². The Morgan fingerprint density at radius 2 is 2.17 bits per heavy atom. The van der Waals surface area contributed by atoms with Gasteiger partial charge in [-0.1, -0.05) is 6.07 Å². The van der Waals surface area contributed by atoms with Gasteiger partial charge in [0.1, 0.15) is 5.75 Å². The topological polar surface area (TPSA) is 89.6 Å². The average Bonchev–Trinajstić information content (AvgIpc) is 2.56. The SMILES string of the molecule is COc1ccc(C)cc1NC(=O)C1(C)Oc2cccnc2NC1=O. The number of ether oxygens (including phenoxy) is 2. The summed E-state index contributed by atoms with van der Waals surface area (Å²) in [5.41, 5.74) is -0.304. The fraction of sp³-hybridized carbons (Fsp3) is 0.235. The van der Waals surface area contributed by atoms with E-state index < -0.39 is 17.4 Å². The van der Waals surface area contributed by atoms with Crippen LogP contribution in [-0.4, -0.2) is 29.5 Å². The lowest BCUT2D eigenvalue weighted by molar-refractivity contribution is -0.143. The van der Waals surface area contributed by atoms with E-state index in [9.17, 15) is 9.59 Å². The smallest absolute Gasteiger partial charge is 0.279 e. The summed E-state index contributed by atoms with van der Waals surface area (Å²) < 4.78 is 10.9. The highest BCUT2D eigenvalue weighted by molar-refractivity contribution is 6.18. The Balaban J connectivity index is 1.90. The van der Waals surface area contributed by atoms with Gasteiger partial charge in [-0.2, -0.15) is 0 Å². The monoisotopic (exact) mass is 327 g/mol. The second-order valence-electron chi connectivity index (χ2n) is 5.60. The summed E-state index contributed by atoms with van der Waals surface area (Å²) >= 11 is 0. The number of nitrogens with zero attached hydrogens (tertiary/aromatic N) is 1. The highest BCUT2D eigenvalue weighted by Gasteiger charge is 2.47. The molecule has 0 bridgehead atoms. The highest BCUT2D eigenvalue weighted by atomic mass is 16.5. The number of nitrogens with one attached hydrogen (secondary N) is 2. The molecule has 2 amide bonds. The quantitative estimate of drug-likeness (QED) is 0.843. The number of benzene rings is 1. The molecule has 1 atom stereocenters. The van der Waals surface area contributed by atoms with Crippen LogP contribution in [0.5, 0.6) is 11.5 Å². The van der Waals surface area contributed by atoms with Gasteiger partial charge in [0.2, 0.25) is 0 Å². The first-order valence-corrected chi connectivity index (χ1v) is 7.35. The number of hydrogen-bond acceptors (Lipinski definition) is 5. The number of fused-ring (bicyclic) bond motifs is 1. The molecule has 3 rings (SSSR count). The van der Waals surface area contributed by atoms with Crippen molar-refractivity contribution < 1.29 is 19.1 Å². The molecule has 0 fully saturated rings. The summed E-state index contributed by atoms with van der Waals surface area (Å²) in [6, 6.07) is 8.67. The van der Waals surface area contributed by atoms with Gasteiger partial charge in [0.25, 0.3) is 17.4 Å². The Morgan fingerprint density at radius 1 is 1.38 bits per heavy atom. The van der Waals surface area contributed by atoms with Crippen molar-refractivity contribution in [3.05, 3.63) is 42.1 Å². The van der Waals surface area contributed by atoms with Crippen LogP contribution < -0.4 is 20.1 Å². The van der Waals surface area contributed by atoms with Crippen LogP contribution in [0.3, 0.4) is 0 Å². The van der Waals surface area contributed by atoms with E-state index in [0.29, 0.717) is 23.0 Å². The van der Waals surface area contributed by atoms with Gasteiger partial charge >= 0.3 is 0 Å². The van der Waals surface area contributed by atoms with E-state index >= 15 is 0 Å². The molecule has 2 heterocycles. The van der Waals surface area contributed by atoms with E-state index in [4.69, 9.17) is 9.47 Å². The predicted molar refractivity (Wildman–Crippen MR) is 88.3 cm³/mol. The molecule has 124 valence electrons. The maximum Gasteiger partial charge on any atom is 0.279 e. The minimum Gasteiger partial charge on any atom is -0.495 e. The molecule has 2 aromatic rings. The molecule has 7 heteroatoms. The number of carbonyl (C=O) groups excluding carboxylic acids is 2. The van der Waals surface area contributed by atoms with Crippen molar-refractivity contribution in [2.45, 2.75) is 19.4 Å². The summed E-state index contributed by atoms with van der Waals surface area (Å²) in [5, 5.41) is 5.29. The van der Waals surface area contributed by atoms with E-state index in [-0.39, 0.29) is 0 Å². The van der Waals surface area contributed by atoms with E-state index in [1.165, 1.54) is 20.2 Å². The van der Waals surface area contributed by atoms with Gasteiger partial charge in [0.05, 0.1) is 12.8 Å². The van der Waals surface area contributed by atoms with E-state index in [1.807, 2.05) is 13.0 Å². The van der Waals surface area contributed by atoms with Crippen molar-refractivity contribution in [1.29, 1.82) is 0 Å². The number of carbonyl (C=O) groups is 2. The van der Waals surface area contributed by atoms with Crippen LogP contribution >= 0.6 is 0 Å². The molecular weight excluding hydrogens is 310 g/mol. The average molecular weight is 327 g/mol. The van der Waals surface area contributed by atoms with Crippen LogP contribution in [0.2, 0.25) is 0 Å². The Bertz CT molecular complexity index is 821. The zero-order chi connectivity index (χ0) is 17.3. The number of amides is 2. The lowest BCUT2D eigenvalue weighted by Gasteiger charge is -2.32. The summed E-state index contributed by atoms with van der Waals surface area (Å²) in [6.07, 6.45) is 1.53. The maximum absolute atomic E-state index is 12.7. The highest BCUT2D eigenvalue weighted by Crippen LogP contribution is 2.33. The molecule has 0 radical (unpaired) electrons. The van der Waals surface area contributed by atoms with Crippen molar-refractivity contribution in [3.8, 4) is 11.5 Å². The number of pyridine rings is 1. The molecule has 0 saturated carbocycles. The van der Waals surface area contributed by atoms with Gasteiger partial charge in [-0.15, -0.1) is 0 Å². The van der Waals surface area contributed by atoms with Crippen molar-refractivity contribution >= 4 is 23.3 Å². The molecule has 1 unspecified atom stereocenters. The molecule has 1 aliphatic heterocycles. The fourth-order valence-electron chi connectivity index (χ4n) is 2.37. The standard InChI is InChI=1S/C17H17N3O4/c1-10-6-7-12(23-3)11(9-10)19-15(21)17(2)16(22)20-14-13(24-17)5-4-8-18-14/h4-9H,1-3H3,(H,19,21)(H,18,20,22). The minimum absolute atomic E-state index is 0.293. The molecular formula is C17H17N3O4. The van der Waals surface area contributed by atoms with Crippen LogP contribution in [0.15, 0.2) is 36.5 Å². The predicted octanol–water partition coefficient (Wildman–Crippen LogP) is 2.13. The Kier molecular flexibility index (Phi) is 3.84. The minimum atomic E-state index is -1.72. The molecule has 0 saturated heterocycles. The van der Waals surface area contributed by atoms with Gasteiger partial charge in [-0.25, -0.2) is 4.98 Å². The second-order valence-corrected chi connectivity index (χ2v) is 5.60. The van der Waals surface area contributed by atoms with Crippen LogP contribution in [0.4, 0.5) is 11.5 Å². The first kappa shape index (κ1) is 15.8. The van der Waals surface area contributed by atoms with Crippen LogP contribution in [0.1, 0.15) is 12.5 Å². The van der Waals surface area contributed by atoms with Crippen LogP contribution in [-0.2, 0) is 9.59 Å². The molecule has 2 N–H and O–H groups in total. The molecule has 1 aliphatic rings. The maximum atomic E-state index is 12.7. The normalized spacial score (nSPS) is 18.9. The van der Waals surface area contributed by atoms with Gasteiger partial charge in [0, 0.05) is 6.20 Å². The summed E-state index contributed by atoms with van der Waals surface area (Å²) in [4.78, 5) is 29.1. The second kappa shape index (κ2) is 5.84. The number of aryl methyl sites for hydroxylation is 1. The zero-order valence-electron chi connectivity index (χ0n) is 13.5. The van der Waals surface area contributed by atoms with Crippen LogP contribution in [0.25, 0.3) is 0 Å². The molecule has 1 aromatic carbocycles. The number of anilines is 2. The number of methoxy groups -OCH3 is 1. The van der Waals surface area contributed by atoms with Crippen molar-refractivity contribution in [1.82, 2.24) is 4.98 Å². The van der Waals surface area contributed by atoms with Crippen LogP contribution in [0, 0.1) is 6.92 Å². The van der Waals surface area contributed by atoms with Crippen molar-refractivity contribution in [2.75, 3.05) is 17.7 Å². The van der Waals surface area contributed by atoms with E-state index in [2.05, 4.69) is 15.6 Å². The molecule has 7 nitrogen and oxygen atoms in total. The molecule has 24 heavy (non-hydrogen) atoms. The van der Waals surface area contributed by atoms with Crippen molar-refractivity contribution in [3.63, 3.8) is 0 Å². The molecule has 1 aromatic heterocycles. The Labute approximate surface area is 139 Å². The Morgan fingerprint density at radius 3 is 2.92 bits per heavy atom. The zero-order valence-corrected chi connectivity index (χ0v) is 13.5.